The third-order valence-corrected chi connectivity index (χ3v) is 5.75. The Balaban J connectivity index is 1.62. The lowest BCUT2D eigenvalue weighted by atomic mass is 10.1. The molecule has 0 aliphatic carbocycles. The van der Waals surface area contributed by atoms with E-state index in [4.69, 9.17) is 34.9 Å². The summed E-state index contributed by atoms with van der Waals surface area (Å²) in [6, 6.07) is 22.9. The van der Waals surface area contributed by atoms with Crippen molar-refractivity contribution in [2.45, 2.75) is 19.6 Å². The largest absolute Gasteiger partial charge is 0.358 e. The Hall–Kier alpha value is -3.77. The first kappa shape index (κ1) is 22.4. The quantitative estimate of drug-likeness (QED) is 0.324. The molecular formula is C26H19Cl2N5. The maximum absolute atomic E-state index is 9.02. The number of nitriles is 1. The lowest BCUT2D eigenvalue weighted by Gasteiger charge is -2.26. The lowest BCUT2D eigenvalue weighted by molar-refractivity contribution is 0.680. The fourth-order valence-corrected chi connectivity index (χ4v) is 4.00. The van der Waals surface area contributed by atoms with E-state index in [-0.39, 0.29) is 0 Å². The second-order valence-electron chi connectivity index (χ2n) is 7.48. The zero-order valence-corrected chi connectivity index (χ0v) is 19.1. The summed E-state index contributed by atoms with van der Waals surface area (Å²) in [4.78, 5) is 2.13. The molecule has 3 aromatic carbocycles. The van der Waals surface area contributed by atoms with Crippen LogP contribution in [0.25, 0.3) is 0 Å². The van der Waals surface area contributed by atoms with Crippen LogP contribution in [-0.2, 0) is 19.6 Å². The highest BCUT2D eigenvalue weighted by Gasteiger charge is 2.16. The van der Waals surface area contributed by atoms with Gasteiger partial charge in [0.25, 0.3) is 0 Å². The van der Waals surface area contributed by atoms with Crippen molar-refractivity contribution in [1.82, 2.24) is 14.8 Å². The number of rotatable bonds is 7. The van der Waals surface area contributed by atoms with Gasteiger partial charge < -0.3 is 9.47 Å². The molecule has 0 spiro atoms. The van der Waals surface area contributed by atoms with E-state index in [9.17, 15) is 0 Å². The summed E-state index contributed by atoms with van der Waals surface area (Å²) < 4.78 is 1.99. The van der Waals surface area contributed by atoms with E-state index in [1.165, 1.54) is 0 Å². The van der Waals surface area contributed by atoms with Crippen molar-refractivity contribution < 1.29 is 0 Å². The van der Waals surface area contributed by atoms with Gasteiger partial charge in [-0.2, -0.15) is 5.26 Å². The van der Waals surface area contributed by atoms with Crippen LogP contribution in [0.4, 0.5) is 5.69 Å². The van der Waals surface area contributed by atoms with Crippen LogP contribution in [0.5, 0.6) is 0 Å². The Bertz CT molecular complexity index is 1330. The Morgan fingerprint density at radius 1 is 0.909 bits per heavy atom. The highest BCUT2D eigenvalue weighted by atomic mass is 35.5. The summed E-state index contributed by atoms with van der Waals surface area (Å²) in [5.74, 6) is 3.42. The molecule has 33 heavy (non-hydrogen) atoms. The van der Waals surface area contributed by atoms with Gasteiger partial charge in [0.1, 0.15) is 6.33 Å². The number of hydrogen-bond acceptors (Lipinski definition) is 4. The fourth-order valence-electron chi connectivity index (χ4n) is 3.48. The van der Waals surface area contributed by atoms with Crippen LogP contribution in [0.2, 0.25) is 10.0 Å². The molecule has 0 amide bonds. The molecule has 7 heteroatoms. The minimum Gasteiger partial charge on any atom is -0.358 e. The lowest BCUT2D eigenvalue weighted by Crippen LogP contribution is -2.25. The van der Waals surface area contributed by atoms with Gasteiger partial charge in [-0.25, -0.2) is 0 Å². The summed E-state index contributed by atoms with van der Waals surface area (Å²) >= 11 is 12.7. The summed E-state index contributed by atoms with van der Waals surface area (Å²) in [7, 11) is 0. The molecule has 4 rings (SSSR count). The van der Waals surface area contributed by atoms with E-state index in [1.807, 2.05) is 53.1 Å². The van der Waals surface area contributed by atoms with Crippen molar-refractivity contribution in [1.29, 1.82) is 5.26 Å². The summed E-state index contributed by atoms with van der Waals surface area (Å²) in [5, 5.41) is 18.6. The Morgan fingerprint density at radius 2 is 1.61 bits per heavy atom. The highest BCUT2D eigenvalue weighted by molar-refractivity contribution is 6.36. The minimum absolute atomic E-state index is 0.481. The van der Waals surface area contributed by atoms with Gasteiger partial charge >= 0.3 is 0 Å². The van der Waals surface area contributed by atoms with E-state index in [0.29, 0.717) is 35.2 Å². The number of benzene rings is 3. The van der Waals surface area contributed by atoms with E-state index >= 15 is 0 Å². The van der Waals surface area contributed by atoms with Gasteiger partial charge in [-0.05, 0) is 53.6 Å². The highest BCUT2D eigenvalue weighted by Crippen LogP contribution is 2.31. The molecule has 1 heterocycles. The number of aromatic nitrogens is 3. The molecule has 5 nitrogen and oxygen atoms in total. The number of nitrogens with zero attached hydrogens (tertiary/aromatic N) is 5. The monoisotopic (exact) mass is 471 g/mol. The standard InChI is InChI=1S/C26H19Cl2N5/c1-2-19-3-7-21(8-4-19)15-32(25-12-11-23(27)13-24(25)28)17-26-31-30-18-33(26)16-22-9-5-20(14-29)6-10-22/h1,3-13,18H,15-17H2. The molecule has 0 saturated heterocycles. The molecule has 162 valence electrons. The summed E-state index contributed by atoms with van der Waals surface area (Å²) in [5.41, 5.74) is 4.43. The third-order valence-electron chi connectivity index (χ3n) is 5.21. The van der Waals surface area contributed by atoms with Gasteiger partial charge in [0, 0.05) is 17.1 Å². The molecule has 4 aromatic rings. The van der Waals surface area contributed by atoms with Crippen molar-refractivity contribution in [3.05, 3.63) is 111 Å². The molecule has 0 saturated carbocycles. The zero-order chi connectivity index (χ0) is 23.2. The van der Waals surface area contributed by atoms with Crippen LogP contribution in [0.3, 0.4) is 0 Å². The first-order valence-corrected chi connectivity index (χ1v) is 10.9. The van der Waals surface area contributed by atoms with Gasteiger partial charge in [0.15, 0.2) is 5.82 Å². The van der Waals surface area contributed by atoms with Crippen LogP contribution < -0.4 is 4.90 Å². The number of halogens is 2. The number of anilines is 1. The molecule has 1 aromatic heterocycles. The average molecular weight is 472 g/mol. The molecule has 0 bridgehead atoms. The second kappa shape index (κ2) is 10.2. The van der Waals surface area contributed by atoms with Crippen molar-refractivity contribution in [2.24, 2.45) is 0 Å². The van der Waals surface area contributed by atoms with Gasteiger partial charge in [-0.15, -0.1) is 16.6 Å². The van der Waals surface area contributed by atoms with Crippen LogP contribution in [0.1, 0.15) is 28.1 Å². The maximum atomic E-state index is 9.02. The maximum Gasteiger partial charge on any atom is 0.152 e. The Labute approximate surface area is 202 Å². The number of terminal acetylenes is 1. The third kappa shape index (κ3) is 5.54. The van der Waals surface area contributed by atoms with Crippen LogP contribution in [-0.4, -0.2) is 14.8 Å². The van der Waals surface area contributed by atoms with Gasteiger partial charge in [0.2, 0.25) is 0 Å². The number of hydrogen-bond donors (Lipinski definition) is 0. The Kier molecular flexibility index (Phi) is 6.95. The van der Waals surface area contributed by atoms with Crippen molar-refractivity contribution in [2.75, 3.05) is 4.90 Å². The first-order chi connectivity index (χ1) is 16.1. The van der Waals surface area contributed by atoms with Gasteiger partial charge in [0.05, 0.1) is 35.4 Å². The van der Waals surface area contributed by atoms with E-state index < -0.39 is 0 Å². The topological polar surface area (TPSA) is 57.7 Å². The SMILES string of the molecule is C#Cc1ccc(CN(Cc2nncn2Cc2ccc(C#N)cc2)c2ccc(Cl)cc2Cl)cc1. The van der Waals surface area contributed by atoms with E-state index in [1.54, 1.807) is 24.5 Å². The van der Waals surface area contributed by atoms with Crippen molar-refractivity contribution in [3.63, 3.8) is 0 Å². The Morgan fingerprint density at radius 3 is 2.27 bits per heavy atom. The predicted octanol–water partition coefficient (Wildman–Crippen LogP) is 5.69. The fraction of sp³-hybridized carbons (Fsp3) is 0.115. The van der Waals surface area contributed by atoms with Crippen LogP contribution in [0.15, 0.2) is 73.1 Å². The molecular weight excluding hydrogens is 453 g/mol. The predicted molar refractivity (Wildman–Crippen MR) is 131 cm³/mol. The van der Waals surface area contributed by atoms with Crippen molar-refractivity contribution >= 4 is 28.9 Å². The average Bonchev–Trinajstić information content (AvgIpc) is 3.26. The molecule has 0 atom stereocenters. The van der Waals surface area contributed by atoms with Crippen LogP contribution in [0, 0.1) is 23.7 Å². The van der Waals surface area contributed by atoms with Crippen LogP contribution >= 0.6 is 23.2 Å². The van der Waals surface area contributed by atoms with Crippen molar-refractivity contribution in [3.8, 4) is 18.4 Å². The van der Waals surface area contributed by atoms with Gasteiger partial charge in [-0.1, -0.05) is 53.4 Å². The summed E-state index contributed by atoms with van der Waals surface area (Å²) in [6.07, 6.45) is 7.19. The van der Waals surface area contributed by atoms with E-state index in [0.717, 1.165) is 28.2 Å². The normalized spacial score (nSPS) is 10.4. The molecule has 0 aliphatic heterocycles. The smallest absolute Gasteiger partial charge is 0.152 e. The zero-order valence-electron chi connectivity index (χ0n) is 17.6. The summed E-state index contributed by atoms with van der Waals surface area (Å²) in [6.45, 7) is 1.66. The second-order valence-corrected chi connectivity index (χ2v) is 8.32. The molecule has 0 unspecified atom stereocenters. The molecule has 0 radical (unpaired) electrons. The van der Waals surface area contributed by atoms with Gasteiger partial charge in [-0.3, -0.25) is 0 Å². The minimum atomic E-state index is 0.481. The molecule has 0 aliphatic rings. The molecule has 0 N–H and O–H groups in total. The van der Waals surface area contributed by atoms with E-state index in [2.05, 4.69) is 27.1 Å². The first-order valence-electron chi connectivity index (χ1n) is 10.2. The molecule has 0 fully saturated rings.